The number of carbonyl (C=O) groups excluding carboxylic acids is 2. The molecule has 2 N–H and O–H groups in total. The summed E-state index contributed by atoms with van der Waals surface area (Å²) in [6, 6.07) is 20.2. The number of rotatable bonds is 5. The Kier molecular flexibility index (Phi) is 6.35. The Morgan fingerprint density at radius 1 is 1.07 bits per heavy atom. The average Bonchev–Trinajstić information content (AvgIpc) is 2.75. The van der Waals surface area contributed by atoms with Gasteiger partial charge in [-0.25, -0.2) is 0 Å². The lowest BCUT2D eigenvalue weighted by Gasteiger charge is -2.39. The third-order valence-electron chi connectivity index (χ3n) is 5.63. The lowest BCUT2D eigenvalue weighted by atomic mass is 9.84. The van der Waals surface area contributed by atoms with Gasteiger partial charge in [0.2, 0.25) is 5.91 Å². The molecule has 150 valence electrons. The van der Waals surface area contributed by atoms with E-state index in [1.165, 1.54) is 5.56 Å². The molecule has 1 heterocycles. The molecule has 29 heavy (non-hydrogen) atoms. The number of hydrogen-bond acceptors (Lipinski definition) is 3. The summed E-state index contributed by atoms with van der Waals surface area (Å²) in [4.78, 5) is 25.9. The van der Waals surface area contributed by atoms with Gasteiger partial charge in [-0.2, -0.15) is 0 Å². The number of hydrogen-bond donors (Lipinski definition) is 2. The van der Waals surface area contributed by atoms with Crippen LogP contribution >= 0.6 is 11.8 Å². The molecule has 0 aromatic heterocycles. The van der Waals surface area contributed by atoms with Crippen LogP contribution in [0.4, 0.5) is 0 Å². The van der Waals surface area contributed by atoms with Gasteiger partial charge in [-0.15, -0.1) is 11.8 Å². The smallest absolute Gasteiger partial charge is 0.257 e. The zero-order valence-electron chi connectivity index (χ0n) is 16.3. The number of thioether (sulfide) groups is 1. The van der Waals surface area contributed by atoms with Crippen LogP contribution in [0.3, 0.4) is 0 Å². The molecule has 2 fully saturated rings. The van der Waals surface area contributed by atoms with Crippen molar-refractivity contribution in [3.8, 4) is 0 Å². The number of nitrogens with one attached hydrogen (secondary N) is 2. The van der Waals surface area contributed by atoms with Crippen LogP contribution in [-0.2, 0) is 16.0 Å². The fourth-order valence-corrected chi connectivity index (χ4v) is 5.34. The van der Waals surface area contributed by atoms with Crippen molar-refractivity contribution in [2.45, 2.75) is 37.0 Å². The molecule has 1 saturated carbocycles. The molecule has 1 aliphatic heterocycles. The number of fused-ring (bicyclic) bond motifs is 1. The lowest BCUT2D eigenvalue weighted by Crippen LogP contribution is -2.51. The van der Waals surface area contributed by atoms with Gasteiger partial charge in [-0.05, 0) is 42.9 Å². The summed E-state index contributed by atoms with van der Waals surface area (Å²) in [5.41, 5.74) is 2.26. The van der Waals surface area contributed by atoms with E-state index >= 15 is 0 Å². The molecule has 2 aliphatic rings. The molecule has 2 aromatic carbocycles. The predicted molar refractivity (Wildman–Crippen MR) is 118 cm³/mol. The first-order chi connectivity index (χ1) is 14.2. The molecular weight excluding hydrogens is 380 g/mol. The number of benzene rings is 2. The molecule has 1 saturated heterocycles. The van der Waals surface area contributed by atoms with E-state index in [9.17, 15) is 9.59 Å². The molecule has 2 aromatic rings. The highest BCUT2D eigenvalue weighted by Gasteiger charge is 2.39. The molecule has 4 nitrogen and oxygen atoms in total. The van der Waals surface area contributed by atoms with Crippen LogP contribution < -0.4 is 10.6 Å². The quantitative estimate of drug-likeness (QED) is 0.743. The first kappa shape index (κ1) is 19.8. The Morgan fingerprint density at radius 2 is 1.79 bits per heavy atom. The molecule has 1 aliphatic carbocycles. The highest BCUT2D eigenvalue weighted by molar-refractivity contribution is 8.04. The molecule has 0 bridgehead atoms. The van der Waals surface area contributed by atoms with E-state index < -0.39 is 0 Å². The van der Waals surface area contributed by atoms with Gasteiger partial charge in [0.15, 0.2) is 0 Å². The van der Waals surface area contributed by atoms with Crippen LogP contribution in [0.2, 0.25) is 0 Å². The summed E-state index contributed by atoms with van der Waals surface area (Å²) < 4.78 is 0. The molecule has 4 rings (SSSR count). The highest BCUT2D eigenvalue weighted by Crippen LogP contribution is 2.39. The van der Waals surface area contributed by atoms with Crippen LogP contribution in [-0.4, -0.2) is 29.7 Å². The Bertz CT molecular complexity index is 882. The van der Waals surface area contributed by atoms with Crippen molar-refractivity contribution in [1.29, 1.82) is 0 Å². The van der Waals surface area contributed by atoms with Gasteiger partial charge in [-0.3, -0.25) is 9.59 Å². The van der Waals surface area contributed by atoms with Crippen molar-refractivity contribution in [1.82, 2.24) is 10.6 Å². The van der Waals surface area contributed by atoms with E-state index in [1.807, 2.05) is 54.6 Å². The van der Waals surface area contributed by atoms with E-state index in [1.54, 1.807) is 11.8 Å². The Hall–Kier alpha value is -2.53. The molecule has 3 atom stereocenters. The summed E-state index contributed by atoms with van der Waals surface area (Å²) in [7, 11) is 0. The summed E-state index contributed by atoms with van der Waals surface area (Å²) in [5.74, 6) is 0.0714. The maximum absolute atomic E-state index is 12.6. The Labute approximate surface area is 176 Å². The van der Waals surface area contributed by atoms with Gasteiger partial charge < -0.3 is 10.6 Å². The van der Waals surface area contributed by atoms with Gasteiger partial charge in [0.05, 0.1) is 4.91 Å². The fourth-order valence-electron chi connectivity index (χ4n) is 4.05. The highest BCUT2D eigenvalue weighted by atomic mass is 32.2. The Morgan fingerprint density at radius 3 is 2.55 bits per heavy atom. The predicted octanol–water partition coefficient (Wildman–Crippen LogP) is 3.79. The van der Waals surface area contributed by atoms with Crippen LogP contribution in [0.25, 0.3) is 6.08 Å². The van der Waals surface area contributed by atoms with Gasteiger partial charge in [-0.1, -0.05) is 60.7 Å². The number of carbonyl (C=O) groups is 2. The fraction of sp³-hybridized carbons (Fsp3) is 0.333. The first-order valence-corrected chi connectivity index (χ1v) is 11.1. The second-order valence-electron chi connectivity index (χ2n) is 7.69. The van der Waals surface area contributed by atoms with Crippen molar-refractivity contribution in [3.63, 3.8) is 0 Å². The van der Waals surface area contributed by atoms with E-state index in [0.717, 1.165) is 36.2 Å². The molecule has 0 radical (unpaired) electrons. The Balaban J connectivity index is 1.30. The van der Waals surface area contributed by atoms with E-state index in [4.69, 9.17) is 0 Å². The minimum absolute atomic E-state index is 0.0208. The van der Waals surface area contributed by atoms with Crippen molar-refractivity contribution < 1.29 is 9.59 Å². The summed E-state index contributed by atoms with van der Waals surface area (Å²) in [6.07, 6.45) is 5.34. The maximum atomic E-state index is 12.6. The molecule has 5 heteroatoms. The number of amides is 2. The molecule has 2 amide bonds. The standard InChI is InChI=1S/C24H26N2O2S/c27-23(25-14-13-17-7-3-1-4-8-17)19-11-12-21-20(16-19)26-24(28)22(29-21)15-18-9-5-2-6-10-18/h1-10,15,19-21H,11-14,16H2,(H,25,27)(H,26,28)/b22-15-. The van der Waals surface area contributed by atoms with Crippen LogP contribution in [0.15, 0.2) is 65.6 Å². The monoisotopic (exact) mass is 406 g/mol. The summed E-state index contributed by atoms with van der Waals surface area (Å²) in [5, 5.41) is 6.57. The summed E-state index contributed by atoms with van der Waals surface area (Å²) >= 11 is 1.66. The SMILES string of the molecule is O=C1NC2CC(C(=O)NCCc3ccccc3)CCC2S/C1=C\c1ccccc1. The zero-order valence-corrected chi connectivity index (χ0v) is 17.2. The van der Waals surface area contributed by atoms with Gasteiger partial charge >= 0.3 is 0 Å². The van der Waals surface area contributed by atoms with Crippen molar-refractivity contribution in [2.75, 3.05) is 6.54 Å². The van der Waals surface area contributed by atoms with Crippen LogP contribution in [0, 0.1) is 5.92 Å². The van der Waals surface area contributed by atoms with Gasteiger partial charge in [0, 0.05) is 23.8 Å². The van der Waals surface area contributed by atoms with Crippen LogP contribution in [0.1, 0.15) is 30.4 Å². The second kappa shape index (κ2) is 9.31. The normalized spacial score (nSPS) is 25.2. The second-order valence-corrected chi connectivity index (χ2v) is 8.97. The van der Waals surface area contributed by atoms with E-state index in [-0.39, 0.29) is 23.8 Å². The third kappa shape index (κ3) is 5.10. The van der Waals surface area contributed by atoms with Crippen molar-refractivity contribution in [2.24, 2.45) is 5.92 Å². The average molecular weight is 407 g/mol. The van der Waals surface area contributed by atoms with E-state index in [0.29, 0.717) is 11.8 Å². The van der Waals surface area contributed by atoms with Gasteiger partial charge in [0.1, 0.15) is 0 Å². The molecule has 0 spiro atoms. The van der Waals surface area contributed by atoms with Crippen molar-refractivity contribution in [3.05, 3.63) is 76.7 Å². The minimum atomic E-state index is -0.0229. The van der Waals surface area contributed by atoms with Crippen LogP contribution in [0.5, 0.6) is 0 Å². The molecule has 3 unspecified atom stereocenters. The molecular formula is C24H26N2O2S. The van der Waals surface area contributed by atoms with E-state index in [2.05, 4.69) is 22.8 Å². The lowest BCUT2D eigenvalue weighted by molar-refractivity contribution is -0.127. The first-order valence-electron chi connectivity index (χ1n) is 10.2. The largest absolute Gasteiger partial charge is 0.356 e. The maximum Gasteiger partial charge on any atom is 0.257 e. The zero-order chi connectivity index (χ0) is 20.1. The van der Waals surface area contributed by atoms with Crippen molar-refractivity contribution >= 4 is 29.7 Å². The topological polar surface area (TPSA) is 58.2 Å². The third-order valence-corrected chi connectivity index (χ3v) is 7.05. The van der Waals surface area contributed by atoms with Gasteiger partial charge in [0.25, 0.3) is 5.91 Å². The summed E-state index contributed by atoms with van der Waals surface area (Å²) in [6.45, 7) is 0.651. The minimum Gasteiger partial charge on any atom is -0.356 e.